The van der Waals surface area contributed by atoms with Crippen LogP contribution in [0.2, 0.25) is 0 Å². The van der Waals surface area contributed by atoms with Crippen LogP contribution in [0.1, 0.15) is 245 Å². The maximum atomic E-state index is 12.8. The second-order valence-electron chi connectivity index (χ2n) is 17.8. The van der Waals surface area contributed by atoms with Gasteiger partial charge in [-0.15, -0.1) is 0 Å². The van der Waals surface area contributed by atoms with Crippen LogP contribution in [0.15, 0.2) is 97.2 Å². The minimum absolute atomic E-state index is 0.114. The summed E-state index contributed by atoms with van der Waals surface area (Å²) in [5.74, 6) is -1.02. The molecule has 0 heterocycles. The lowest BCUT2D eigenvalue weighted by Gasteiger charge is -2.18. The van der Waals surface area contributed by atoms with Gasteiger partial charge in [0.05, 0.1) is 0 Å². The quantitative estimate of drug-likeness (QED) is 0.0199. The number of ether oxygens (including phenoxy) is 3. The summed E-state index contributed by atoms with van der Waals surface area (Å²) in [5, 5.41) is 0. The number of hydrogen-bond acceptors (Lipinski definition) is 6. The van der Waals surface area contributed by atoms with Gasteiger partial charge in [-0.1, -0.05) is 221 Å². The molecule has 0 aliphatic carbocycles. The molecule has 6 heteroatoms. The van der Waals surface area contributed by atoms with Crippen molar-refractivity contribution < 1.29 is 28.6 Å². The second kappa shape index (κ2) is 53.9. The van der Waals surface area contributed by atoms with Crippen molar-refractivity contribution in [3.63, 3.8) is 0 Å². The van der Waals surface area contributed by atoms with Crippen LogP contribution in [0.3, 0.4) is 0 Å². The first kappa shape index (κ1) is 62.3. The van der Waals surface area contributed by atoms with E-state index < -0.39 is 12.1 Å². The number of unbranched alkanes of at least 4 members (excludes halogenated alkanes) is 22. The number of carbonyl (C=O) groups is 3. The third kappa shape index (κ3) is 51.3. The molecule has 0 aromatic carbocycles. The highest BCUT2D eigenvalue weighted by molar-refractivity contribution is 5.71. The van der Waals surface area contributed by atoms with E-state index in [2.05, 4.69) is 106 Å². The normalized spacial score (nSPS) is 12.8. The number of carbonyl (C=O) groups excluding carboxylic acids is 3. The Kier molecular flexibility index (Phi) is 50.9. The van der Waals surface area contributed by atoms with Crippen molar-refractivity contribution in [1.82, 2.24) is 0 Å². The molecule has 0 aromatic rings. The van der Waals surface area contributed by atoms with Gasteiger partial charge < -0.3 is 14.2 Å². The monoisotopic (exact) mass is 917 g/mol. The molecule has 0 amide bonds. The highest BCUT2D eigenvalue weighted by Gasteiger charge is 2.19. The summed E-state index contributed by atoms with van der Waals surface area (Å²) in [6, 6.07) is 0. The molecule has 0 spiro atoms. The molecule has 66 heavy (non-hydrogen) atoms. The van der Waals surface area contributed by atoms with Crippen molar-refractivity contribution in [2.45, 2.75) is 252 Å². The van der Waals surface area contributed by atoms with Gasteiger partial charge in [0.25, 0.3) is 0 Å². The lowest BCUT2D eigenvalue weighted by Crippen LogP contribution is -2.30. The minimum Gasteiger partial charge on any atom is -0.462 e. The van der Waals surface area contributed by atoms with Gasteiger partial charge in [0, 0.05) is 19.3 Å². The first-order valence-corrected chi connectivity index (χ1v) is 27.3. The van der Waals surface area contributed by atoms with Gasteiger partial charge in [-0.25, -0.2) is 0 Å². The standard InChI is InChI=1S/C60H100O6/c1-4-7-10-13-16-19-22-25-27-29-30-31-33-35-38-41-44-47-50-53-59(62)65-56-57(55-64-58(61)52-49-46-43-40-37-34-24-21-18-15-12-9-6-3)66-60(63)54-51-48-45-42-39-36-32-28-26-23-20-17-14-11-8-5-2/h8,11,16-17,19-20,22,25-26,28,34,36-37,39,45,48,57H,4-7,9-10,12-15,18,21,23-24,27,29-33,35,38,40-44,46-47,49-56H2,1-3H3/b11-8-,19-16-,20-17-,25-22-,28-26-,37-34-,39-36-,48-45-. The summed E-state index contributed by atoms with van der Waals surface area (Å²) >= 11 is 0. The zero-order chi connectivity index (χ0) is 47.9. The van der Waals surface area contributed by atoms with Gasteiger partial charge in [0.2, 0.25) is 0 Å². The van der Waals surface area contributed by atoms with E-state index in [0.29, 0.717) is 19.3 Å². The molecule has 6 nitrogen and oxygen atoms in total. The van der Waals surface area contributed by atoms with Crippen LogP contribution in [0, 0.1) is 0 Å². The van der Waals surface area contributed by atoms with E-state index in [1.807, 2.05) is 12.2 Å². The van der Waals surface area contributed by atoms with Gasteiger partial charge in [-0.2, -0.15) is 0 Å². The summed E-state index contributed by atoms with van der Waals surface area (Å²) in [7, 11) is 0. The van der Waals surface area contributed by atoms with Crippen molar-refractivity contribution in [2.75, 3.05) is 13.2 Å². The predicted octanol–water partition coefficient (Wildman–Crippen LogP) is 18.1. The summed E-state index contributed by atoms with van der Waals surface area (Å²) in [5.41, 5.74) is 0. The van der Waals surface area contributed by atoms with E-state index in [1.54, 1.807) is 0 Å². The number of allylic oxidation sites excluding steroid dienone is 16. The molecule has 1 atom stereocenters. The first-order chi connectivity index (χ1) is 32.5. The first-order valence-electron chi connectivity index (χ1n) is 27.3. The van der Waals surface area contributed by atoms with Crippen molar-refractivity contribution in [3.05, 3.63) is 97.2 Å². The van der Waals surface area contributed by atoms with Crippen LogP contribution in [-0.2, 0) is 28.6 Å². The van der Waals surface area contributed by atoms with E-state index in [1.165, 1.54) is 116 Å². The third-order valence-corrected chi connectivity index (χ3v) is 11.3. The van der Waals surface area contributed by atoms with Crippen molar-refractivity contribution in [2.24, 2.45) is 0 Å². The largest absolute Gasteiger partial charge is 0.462 e. The van der Waals surface area contributed by atoms with E-state index in [4.69, 9.17) is 14.2 Å². The molecule has 0 N–H and O–H groups in total. The van der Waals surface area contributed by atoms with E-state index in [0.717, 1.165) is 83.5 Å². The number of esters is 3. The summed E-state index contributed by atoms with van der Waals surface area (Å²) < 4.78 is 16.7. The average molecular weight is 917 g/mol. The molecule has 0 aliphatic heterocycles. The predicted molar refractivity (Wildman–Crippen MR) is 284 cm³/mol. The average Bonchev–Trinajstić information content (AvgIpc) is 3.31. The van der Waals surface area contributed by atoms with Gasteiger partial charge >= 0.3 is 17.9 Å². The van der Waals surface area contributed by atoms with Gasteiger partial charge in [0.1, 0.15) is 13.2 Å². The van der Waals surface area contributed by atoms with Crippen molar-refractivity contribution in [1.29, 1.82) is 0 Å². The zero-order valence-electron chi connectivity index (χ0n) is 42.9. The summed E-state index contributed by atoms with van der Waals surface area (Å²) in [6.45, 7) is 6.41. The molecule has 0 saturated heterocycles. The highest BCUT2D eigenvalue weighted by Crippen LogP contribution is 2.14. The maximum absolute atomic E-state index is 12.8. The molecule has 0 aliphatic rings. The van der Waals surface area contributed by atoms with Crippen LogP contribution in [0.4, 0.5) is 0 Å². The van der Waals surface area contributed by atoms with Gasteiger partial charge in [-0.05, 0) is 103 Å². The molecule has 0 saturated carbocycles. The Morgan fingerprint density at radius 2 is 0.667 bits per heavy atom. The Morgan fingerprint density at radius 1 is 0.333 bits per heavy atom. The smallest absolute Gasteiger partial charge is 0.306 e. The highest BCUT2D eigenvalue weighted by atomic mass is 16.6. The fraction of sp³-hybridized carbons (Fsp3) is 0.683. The summed E-state index contributed by atoms with van der Waals surface area (Å²) in [6.07, 6.45) is 71.2. The SMILES string of the molecule is CC/C=C\C/C=C\C/C=C\C/C=C\C/C=C\CCC(=O)OC(COC(=O)CCCCC/C=C\CCCCCCCC)COC(=O)CCCCCCCCCCCC/C=C\C=C/CCCCC. The number of rotatable bonds is 48. The topological polar surface area (TPSA) is 78.9 Å². The Labute approximate surface area is 407 Å². The fourth-order valence-electron chi connectivity index (χ4n) is 7.24. The number of hydrogen-bond donors (Lipinski definition) is 0. The molecular weight excluding hydrogens is 817 g/mol. The fourth-order valence-corrected chi connectivity index (χ4v) is 7.24. The van der Waals surface area contributed by atoms with Crippen molar-refractivity contribution >= 4 is 17.9 Å². The Bertz CT molecular complexity index is 1330. The Balaban J connectivity index is 4.49. The maximum Gasteiger partial charge on any atom is 0.306 e. The van der Waals surface area contributed by atoms with Crippen LogP contribution in [-0.4, -0.2) is 37.2 Å². The minimum atomic E-state index is -0.825. The molecule has 0 fully saturated rings. The zero-order valence-corrected chi connectivity index (χ0v) is 42.9. The van der Waals surface area contributed by atoms with E-state index in [-0.39, 0.29) is 31.6 Å². The van der Waals surface area contributed by atoms with Crippen molar-refractivity contribution in [3.8, 4) is 0 Å². The van der Waals surface area contributed by atoms with Crippen LogP contribution < -0.4 is 0 Å². The molecule has 1 unspecified atom stereocenters. The van der Waals surface area contributed by atoms with Gasteiger partial charge in [-0.3, -0.25) is 14.4 Å². The molecule has 0 aromatic heterocycles. The van der Waals surface area contributed by atoms with Crippen LogP contribution in [0.5, 0.6) is 0 Å². The Hall–Kier alpha value is -3.67. The van der Waals surface area contributed by atoms with Crippen LogP contribution in [0.25, 0.3) is 0 Å². The van der Waals surface area contributed by atoms with E-state index >= 15 is 0 Å². The lowest BCUT2D eigenvalue weighted by atomic mass is 10.1. The van der Waals surface area contributed by atoms with Crippen LogP contribution >= 0.6 is 0 Å². The summed E-state index contributed by atoms with van der Waals surface area (Å²) in [4.78, 5) is 38.0. The Morgan fingerprint density at radius 3 is 1.12 bits per heavy atom. The molecule has 376 valence electrons. The second-order valence-corrected chi connectivity index (χ2v) is 17.8. The molecular formula is C60H100O6. The van der Waals surface area contributed by atoms with Gasteiger partial charge in [0.15, 0.2) is 6.10 Å². The van der Waals surface area contributed by atoms with E-state index in [9.17, 15) is 14.4 Å². The lowest BCUT2D eigenvalue weighted by molar-refractivity contribution is -0.166. The third-order valence-electron chi connectivity index (χ3n) is 11.3. The molecule has 0 bridgehead atoms. The molecule has 0 radical (unpaired) electrons. The molecule has 0 rings (SSSR count).